The van der Waals surface area contributed by atoms with E-state index in [0.717, 1.165) is 28.5 Å². The minimum absolute atomic E-state index is 0.310. The lowest BCUT2D eigenvalue weighted by atomic mass is 10.1. The average Bonchev–Trinajstić information content (AvgIpc) is 2.80. The molecule has 5 heteroatoms. The predicted molar refractivity (Wildman–Crippen MR) is 87.5 cm³/mol. The van der Waals surface area contributed by atoms with E-state index in [1.807, 2.05) is 18.2 Å². The van der Waals surface area contributed by atoms with Gasteiger partial charge < -0.3 is 10.3 Å². The number of nitrogen functional groups attached to an aromatic ring is 1. The highest BCUT2D eigenvalue weighted by Gasteiger charge is 2.15. The summed E-state index contributed by atoms with van der Waals surface area (Å²) in [4.78, 5) is 4.65. The monoisotopic (exact) mass is 347 g/mol. The second-order valence-corrected chi connectivity index (χ2v) is 5.87. The van der Waals surface area contributed by atoms with E-state index < -0.39 is 0 Å². The Morgan fingerprint density at radius 1 is 1.24 bits per heavy atom. The van der Waals surface area contributed by atoms with Crippen LogP contribution in [0, 0.1) is 5.82 Å². The molecule has 0 amide bonds. The van der Waals surface area contributed by atoms with Crippen molar-refractivity contribution < 1.29 is 4.39 Å². The van der Waals surface area contributed by atoms with Crippen LogP contribution in [0.2, 0.25) is 0 Å². The van der Waals surface area contributed by atoms with Gasteiger partial charge in [0.05, 0.1) is 11.0 Å². The van der Waals surface area contributed by atoms with Crippen LogP contribution in [-0.4, -0.2) is 9.55 Å². The lowest BCUT2D eigenvalue weighted by molar-refractivity contribution is 0.628. The molecule has 0 spiro atoms. The zero-order valence-electron chi connectivity index (χ0n) is 11.6. The standard InChI is InChI=1S/C16H15BrFN3/c1-2-7-21-15-6-3-10(17)8-14(15)20-16(21)12-9-11(18)4-5-13(12)19/h3-6,8-9H,2,7,19H2,1H3. The predicted octanol–water partition coefficient (Wildman–Crippen LogP) is 4.60. The van der Waals surface area contributed by atoms with Crippen LogP contribution >= 0.6 is 15.9 Å². The Morgan fingerprint density at radius 2 is 2.05 bits per heavy atom. The van der Waals surface area contributed by atoms with E-state index in [4.69, 9.17) is 5.73 Å². The maximum atomic E-state index is 13.6. The average molecular weight is 348 g/mol. The van der Waals surface area contributed by atoms with Gasteiger partial charge in [-0.25, -0.2) is 9.37 Å². The number of imidazole rings is 1. The molecule has 0 fully saturated rings. The number of hydrogen-bond donors (Lipinski definition) is 1. The molecule has 0 atom stereocenters. The van der Waals surface area contributed by atoms with Crippen LogP contribution in [0.25, 0.3) is 22.4 Å². The van der Waals surface area contributed by atoms with Gasteiger partial charge in [-0.15, -0.1) is 0 Å². The maximum Gasteiger partial charge on any atom is 0.143 e. The van der Waals surface area contributed by atoms with Gasteiger partial charge >= 0.3 is 0 Å². The van der Waals surface area contributed by atoms with E-state index in [-0.39, 0.29) is 5.82 Å². The van der Waals surface area contributed by atoms with Crippen LogP contribution in [0.3, 0.4) is 0 Å². The van der Waals surface area contributed by atoms with Gasteiger partial charge in [0.25, 0.3) is 0 Å². The minimum Gasteiger partial charge on any atom is -0.398 e. The van der Waals surface area contributed by atoms with E-state index in [1.165, 1.54) is 12.1 Å². The smallest absolute Gasteiger partial charge is 0.143 e. The quantitative estimate of drug-likeness (QED) is 0.703. The summed E-state index contributed by atoms with van der Waals surface area (Å²) in [6.07, 6.45) is 0.962. The van der Waals surface area contributed by atoms with Gasteiger partial charge in [0, 0.05) is 22.3 Å². The molecule has 3 aromatic rings. The van der Waals surface area contributed by atoms with Crippen molar-refractivity contribution in [2.24, 2.45) is 0 Å². The fraction of sp³-hybridized carbons (Fsp3) is 0.188. The van der Waals surface area contributed by atoms with Crippen LogP contribution in [0.5, 0.6) is 0 Å². The number of halogens is 2. The summed E-state index contributed by atoms with van der Waals surface area (Å²) in [6.45, 7) is 2.91. The van der Waals surface area contributed by atoms with Crippen molar-refractivity contribution >= 4 is 32.7 Å². The fourth-order valence-corrected chi connectivity index (χ4v) is 2.83. The normalized spacial score (nSPS) is 11.2. The van der Waals surface area contributed by atoms with E-state index in [2.05, 4.69) is 32.4 Å². The zero-order valence-corrected chi connectivity index (χ0v) is 13.2. The van der Waals surface area contributed by atoms with Gasteiger partial charge in [0.1, 0.15) is 11.6 Å². The Morgan fingerprint density at radius 3 is 2.81 bits per heavy atom. The first-order chi connectivity index (χ1) is 10.1. The Kier molecular flexibility index (Phi) is 3.68. The van der Waals surface area contributed by atoms with E-state index in [0.29, 0.717) is 17.1 Å². The molecule has 0 aliphatic rings. The number of hydrogen-bond acceptors (Lipinski definition) is 2. The molecule has 0 aliphatic carbocycles. The third kappa shape index (κ3) is 2.53. The second-order valence-electron chi connectivity index (χ2n) is 4.95. The summed E-state index contributed by atoms with van der Waals surface area (Å²) in [5.74, 6) is 0.400. The number of nitrogens with zero attached hydrogens (tertiary/aromatic N) is 2. The van der Waals surface area contributed by atoms with Gasteiger partial charge in [-0.1, -0.05) is 22.9 Å². The molecule has 0 bridgehead atoms. The van der Waals surface area contributed by atoms with E-state index in [1.54, 1.807) is 6.07 Å². The third-order valence-electron chi connectivity index (χ3n) is 3.41. The first-order valence-corrected chi connectivity index (χ1v) is 7.60. The number of rotatable bonds is 3. The first kappa shape index (κ1) is 14.1. The zero-order chi connectivity index (χ0) is 15.0. The van der Waals surface area contributed by atoms with Crippen molar-refractivity contribution in [1.29, 1.82) is 0 Å². The first-order valence-electron chi connectivity index (χ1n) is 6.81. The molecule has 1 aromatic heterocycles. The van der Waals surface area contributed by atoms with E-state index in [9.17, 15) is 4.39 Å². The lowest BCUT2D eigenvalue weighted by Gasteiger charge is -2.10. The molecule has 0 unspecified atom stereocenters. The van der Waals surface area contributed by atoms with Crippen molar-refractivity contribution in [2.75, 3.05) is 5.73 Å². The molecular formula is C16H15BrFN3. The highest BCUT2D eigenvalue weighted by molar-refractivity contribution is 9.10. The van der Waals surface area contributed by atoms with Crippen molar-refractivity contribution in [1.82, 2.24) is 9.55 Å². The van der Waals surface area contributed by atoms with Crippen LogP contribution in [0.15, 0.2) is 40.9 Å². The van der Waals surface area contributed by atoms with Crippen LogP contribution in [0.4, 0.5) is 10.1 Å². The Balaban J connectivity index is 2.30. The SMILES string of the molecule is CCCn1c(-c2cc(F)ccc2N)nc2cc(Br)ccc21. The largest absolute Gasteiger partial charge is 0.398 e. The summed E-state index contributed by atoms with van der Waals surface area (Å²) >= 11 is 3.45. The highest BCUT2D eigenvalue weighted by atomic mass is 79.9. The summed E-state index contributed by atoms with van der Waals surface area (Å²) in [7, 11) is 0. The van der Waals surface area contributed by atoms with Crippen LogP contribution < -0.4 is 5.73 Å². The minimum atomic E-state index is -0.310. The molecule has 2 N–H and O–H groups in total. The molecule has 0 saturated carbocycles. The fourth-order valence-electron chi connectivity index (χ4n) is 2.48. The number of anilines is 1. The molecular weight excluding hydrogens is 333 g/mol. The Bertz CT molecular complexity index is 811. The van der Waals surface area contributed by atoms with Gasteiger partial charge in [0.15, 0.2) is 0 Å². The van der Waals surface area contributed by atoms with Crippen LogP contribution in [-0.2, 0) is 6.54 Å². The van der Waals surface area contributed by atoms with Crippen molar-refractivity contribution in [2.45, 2.75) is 19.9 Å². The molecule has 3 rings (SSSR count). The molecule has 0 radical (unpaired) electrons. The van der Waals surface area contributed by atoms with Crippen molar-refractivity contribution in [3.63, 3.8) is 0 Å². The molecule has 2 aromatic carbocycles. The third-order valence-corrected chi connectivity index (χ3v) is 3.91. The summed E-state index contributed by atoms with van der Waals surface area (Å²) < 4.78 is 16.6. The van der Waals surface area contributed by atoms with E-state index >= 15 is 0 Å². The molecule has 0 aliphatic heterocycles. The maximum absolute atomic E-state index is 13.6. The Labute approximate surface area is 130 Å². The topological polar surface area (TPSA) is 43.8 Å². The molecule has 21 heavy (non-hydrogen) atoms. The molecule has 1 heterocycles. The van der Waals surface area contributed by atoms with Crippen LogP contribution in [0.1, 0.15) is 13.3 Å². The Hall–Kier alpha value is -1.88. The van der Waals surface area contributed by atoms with Crippen molar-refractivity contribution in [3.05, 3.63) is 46.7 Å². The summed E-state index contributed by atoms with van der Waals surface area (Å²) in [6, 6.07) is 10.3. The molecule has 108 valence electrons. The van der Waals surface area contributed by atoms with Gasteiger partial charge in [-0.2, -0.15) is 0 Å². The van der Waals surface area contributed by atoms with Gasteiger partial charge in [0.2, 0.25) is 0 Å². The highest BCUT2D eigenvalue weighted by Crippen LogP contribution is 2.31. The number of aryl methyl sites for hydroxylation is 1. The second kappa shape index (κ2) is 5.48. The number of fused-ring (bicyclic) bond motifs is 1. The number of nitrogens with two attached hydrogens (primary N) is 1. The lowest BCUT2D eigenvalue weighted by Crippen LogP contribution is -2.02. The van der Waals surface area contributed by atoms with Crippen molar-refractivity contribution in [3.8, 4) is 11.4 Å². The number of benzene rings is 2. The number of aromatic nitrogens is 2. The summed E-state index contributed by atoms with van der Waals surface area (Å²) in [5.41, 5.74) is 9.07. The van der Waals surface area contributed by atoms with Gasteiger partial charge in [-0.3, -0.25) is 0 Å². The molecule has 0 saturated heterocycles. The summed E-state index contributed by atoms with van der Waals surface area (Å²) in [5, 5.41) is 0. The molecule has 3 nitrogen and oxygen atoms in total. The van der Waals surface area contributed by atoms with Gasteiger partial charge in [-0.05, 0) is 42.8 Å².